The Morgan fingerprint density at radius 1 is 1.19 bits per heavy atom. The molecule has 0 spiro atoms. The molecule has 0 saturated heterocycles. The minimum atomic E-state index is -0.367. The highest BCUT2D eigenvalue weighted by atomic mass is 16.5. The van der Waals surface area contributed by atoms with Crippen LogP contribution in [0.1, 0.15) is 37.5 Å². The maximum absolute atomic E-state index is 12.0. The first kappa shape index (κ1) is 17.0. The molecule has 4 nitrogen and oxygen atoms in total. The van der Waals surface area contributed by atoms with Crippen molar-refractivity contribution in [2.75, 3.05) is 13.1 Å². The van der Waals surface area contributed by atoms with Crippen molar-refractivity contribution >= 4 is 18.0 Å². The van der Waals surface area contributed by atoms with Gasteiger partial charge in [0.25, 0.3) is 0 Å². The van der Waals surface area contributed by atoms with Crippen LogP contribution >= 0.6 is 0 Å². The highest BCUT2D eigenvalue weighted by molar-refractivity contribution is 5.92. The number of benzene rings is 1. The molecule has 114 valence electrons. The lowest BCUT2D eigenvalue weighted by molar-refractivity contribution is -0.132. The molecule has 1 rings (SSSR count). The molecule has 0 atom stereocenters. The van der Waals surface area contributed by atoms with Crippen LogP contribution in [0.15, 0.2) is 18.2 Å². The molecule has 0 aliphatic carbocycles. The zero-order chi connectivity index (χ0) is 16.0. The highest BCUT2D eigenvalue weighted by Gasteiger charge is 2.11. The molecule has 21 heavy (non-hydrogen) atoms. The van der Waals surface area contributed by atoms with E-state index in [4.69, 9.17) is 4.74 Å². The van der Waals surface area contributed by atoms with E-state index in [9.17, 15) is 9.59 Å². The van der Waals surface area contributed by atoms with Gasteiger partial charge in [0.05, 0.1) is 0 Å². The zero-order valence-corrected chi connectivity index (χ0v) is 13.4. The lowest BCUT2D eigenvalue weighted by Gasteiger charge is -2.16. The van der Waals surface area contributed by atoms with Crippen molar-refractivity contribution in [3.63, 3.8) is 0 Å². The van der Waals surface area contributed by atoms with Gasteiger partial charge >= 0.3 is 5.97 Å². The lowest BCUT2D eigenvalue weighted by atomic mass is 10.0. The number of carbonyl (C=O) groups excluding carboxylic acids is 2. The van der Waals surface area contributed by atoms with Gasteiger partial charge in [-0.2, -0.15) is 0 Å². The third-order valence-electron chi connectivity index (χ3n) is 3.43. The molecule has 0 fully saturated rings. The van der Waals surface area contributed by atoms with Crippen molar-refractivity contribution in [1.82, 2.24) is 4.90 Å². The maximum atomic E-state index is 12.0. The van der Waals surface area contributed by atoms with Gasteiger partial charge in [-0.15, -0.1) is 0 Å². The van der Waals surface area contributed by atoms with Crippen molar-refractivity contribution in [3.05, 3.63) is 34.9 Å². The van der Waals surface area contributed by atoms with Gasteiger partial charge in [0.15, 0.2) is 0 Å². The van der Waals surface area contributed by atoms with Crippen molar-refractivity contribution in [2.45, 2.75) is 34.6 Å². The fourth-order valence-corrected chi connectivity index (χ4v) is 2.02. The minimum Gasteiger partial charge on any atom is -0.426 e. The first-order valence-corrected chi connectivity index (χ1v) is 7.16. The number of esters is 1. The van der Waals surface area contributed by atoms with Crippen LogP contribution in [0.4, 0.5) is 0 Å². The van der Waals surface area contributed by atoms with Crippen LogP contribution in [0.2, 0.25) is 0 Å². The molecular weight excluding hydrogens is 266 g/mol. The number of likely N-dealkylation sites (N-methyl/N-ethyl adjacent to an activating group) is 1. The Morgan fingerprint density at radius 2 is 1.81 bits per heavy atom. The second-order valence-electron chi connectivity index (χ2n) is 4.86. The second kappa shape index (κ2) is 7.62. The monoisotopic (exact) mass is 289 g/mol. The summed E-state index contributed by atoms with van der Waals surface area (Å²) in [5.41, 5.74) is 2.68. The molecule has 4 heteroatoms. The van der Waals surface area contributed by atoms with E-state index in [0.29, 0.717) is 18.8 Å². The van der Waals surface area contributed by atoms with Gasteiger partial charge in [-0.05, 0) is 44.9 Å². The second-order valence-corrected chi connectivity index (χ2v) is 4.86. The number of ether oxygens (including phenoxy) is 1. The van der Waals surface area contributed by atoms with Crippen molar-refractivity contribution < 1.29 is 14.3 Å². The SMILES string of the molecule is CCN(CC)C(=O)/C=C\c1ccc(C)c(C)c1OC(C)=O. The summed E-state index contributed by atoms with van der Waals surface area (Å²) < 4.78 is 5.29. The Kier molecular flexibility index (Phi) is 6.15. The number of amides is 1. The molecule has 1 amide bonds. The number of hydrogen-bond acceptors (Lipinski definition) is 3. The standard InChI is InChI=1S/C17H23NO3/c1-6-18(7-2)16(20)11-10-15-9-8-12(3)13(4)17(15)21-14(5)19/h8-11H,6-7H2,1-5H3/b11-10-. The first-order chi connectivity index (χ1) is 9.90. The van der Waals surface area contributed by atoms with Crippen LogP contribution in [0.3, 0.4) is 0 Å². The van der Waals surface area contributed by atoms with E-state index in [2.05, 4.69) is 0 Å². The van der Waals surface area contributed by atoms with Gasteiger partial charge in [-0.1, -0.05) is 12.1 Å². The van der Waals surface area contributed by atoms with Crippen LogP contribution in [0, 0.1) is 13.8 Å². The van der Waals surface area contributed by atoms with Crippen LogP contribution in [0.25, 0.3) is 6.08 Å². The molecule has 0 saturated carbocycles. The molecule has 0 radical (unpaired) electrons. The van der Waals surface area contributed by atoms with Crippen LogP contribution in [0.5, 0.6) is 5.75 Å². The van der Waals surface area contributed by atoms with E-state index in [1.165, 1.54) is 13.0 Å². The quantitative estimate of drug-likeness (QED) is 0.475. The minimum absolute atomic E-state index is 0.0491. The Labute approximate surface area is 126 Å². The maximum Gasteiger partial charge on any atom is 0.308 e. The average molecular weight is 289 g/mol. The van der Waals surface area contributed by atoms with Gasteiger partial charge in [0.2, 0.25) is 5.91 Å². The van der Waals surface area contributed by atoms with E-state index < -0.39 is 0 Å². The number of nitrogens with zero attached hydrogens (tertiary/aromatic N) is 1. The van der Waals surface area contributed by atoms with Crippen LogP contribution in [-0.2, 0) is 9.59 Å². The summed E-state index contributed by atoms with van der Waals surface area (Å²) in [6.45, 7) is 10.4. The summed E-state index contributed by atoms with van der Waals surface area (Å²) in [6, 6.07) is 3.80. The molecule has 1 aromatic rings. The predicted octanol–water partition coefficient (Wildman–Crippen LogP) is 3.11. The summed E-state index contributed by atoms with van der Waals surface area (Å²) >= 11 is 0. The average Bonchev–Trinajstić information content (AvgIpc) is 2.44. The summed E-state index contributed by atoms with van der Waals surface area (Å²) in [5, 5.41) is 0. The Balaban J connectivity index is 3.10. The fraction of sp³-hybridized carbons (Fsp3) is 0.412. The first-order valence-electron chi connectivity index (χ1n) is 7.16. The third-order valence-corrected chi connectivity index (χ3v) is 3.43. The molecule has 0 N–H and O–H groups in total. The Morgan fingerprint density at radius 3 is 2.33 bits per heavy atom. The Bertz CT molecular complexity index is 557. The Hall–Kier alpha value is -2.10. The molecule has 0 aliphatic heterocycles. The smallest absolute Gasteiger partial charge is 0.308 e. The molecule has 0 bridgehead atoms. The van der Waals surface area contributed by atoms with Gasteiger partial charge in [-0.25, -0.2) is 0 Å². The molecule has 0 aliphatic rings. The molecule has 0 unspecified atom stereocenters. The van der Waals surface area contributed by atoms with E-state index >= 15 is 0 Å². The van der Waals surface area contributed by atoms with Gasteiger partial charge in [-0.3, -0.25) is 9.59 Å². The van der Waals surface area contributed by atoms with Crippen LogP contribution < -0.4 is 4.74 Å². The van der Waals surface area contributed by atoms with Gasteiger partial charge in [0.1, 0.15) is 5.75 Å². The number of aryl methyl sites for hydroxylation is 1. The van der Waals surface area contributed by atoms with Crippen molar-refractivity contribution in [2.24, 2.45) is 0 Å². The zero-order valence-electron chi connectivity index (χ0n) is 13.4. The number of hydrogen-bond donors (Lipinski definition) is 0. The number of carbonyl (C=O) groups is 2. The van der Waals surface area contributed by atoms with Crippen molar-refractivity contribution in [3.8, 4) is 5.75 Å². The summed E-state index contributed by atoms with van der Waals surface area (Å²) in [5.74, 6) is 0.103. The topological polar surface area (TPSA) is 46.6 Å². The van der Waals surface area contributed by atoms with Crippen molar-refractivity contribution in [1.29, 1.82) is 0 Å². The summed E-state index contributed by atoms with van der Waals surface area (Å²) in [6.07, 6.45) is 3.22. The van der Waals surface area contributed by atoms with Gasteiger partial charge in [0, 0.05) is 31.7 Å². The molecule has 1 aromatic carbocycles. The largest absolute Gasteiger partial charge is 0.426 e. The molecule has 0 heterocycles. The number of rotatable bonds is 5. The fourth-order valence-electron chi connectivity index (χ4n) is 2.02. The summed E-state index contributed by atoms with van der Waals surface area (Å²) in [4.78, 5) is 25.0. The molecular formula is C17H23NO3. The van der Waals surface area contributed by atoms with E-state index in [1.807, 2.05) is 39.8 Å². The predicted molar refractivity (Wildman–Crippen MR) is 84.2 cm³/mol. The normalized spacial score (nSPS) is 10.7. The van der Waals surface area contributed by atoms with Crippen LogP contribution in [-0.4, -0.2) is 29.9 Å². The van der Waals surface area contributed by atoms with Gasteiger partial charge < -0.3 is 9.64 Å². The summed E-state index contributed by atoms with van der Waals surface area (Å²) in [7, 11) is 0. The third kappa shape index (κ3) is 4.45. The van der Waals surface area contributed by atoms with E-state index in [0.717, 1.165) is 16.7 Å². The van der Waals surface area contributed by atoms with E-state index in [1.54, 1.807) is 11.0 Å². The lowest BCUT2D eigenvalue weighted by Crippen LogP contribution is -2.28. The van der Waals surface area contributed by atoms with E-state index in [-0.39, 0.29) is 11.9 Å². The highest BCUT2D eigenvalue weighted by Crippen LogP contribution is 2.27. The molecule has 0 aromatic heterocycles.